The first-order valence-corrected chi connectivity index (χ1v) is 8.88. The molecule has 2 aromatic rings. The van der Waals surface area contributed by atoms with E-state index in [1.54, 1.807) is 0 Å². The van der Waals surface area contributed by atoms with E-state index in [0.29, 0.717) is 6.07 Å². The largest absolute Gasteiger partial charge is 0.431 e. The molecule has 1 amide bonds. The van der Waals surface area contributed by atoms with E-state index in [9.17, 15) is 40.3 Å². The van der Waals surface area contributed by atoms with Crippen LogP contribution in [0.4, 0.5) is 27.6 Å². The molecule has 3 N–H and O–H groups in total. The average Bonchev–Trinajstić information content (AvgIpc) is 2.92. The molecule has 154 valence electrons. The minimum Gasteiger partial charge on any atom is -0.367 e. The van der Waals surface area contributed by atoms with Gasteiger partial charge < -0.3 is 15.0 Å². The number of carbonyl (C=O) groups is 1. The highest BCUT2D eigenvalue weighted by Crippen LogP contribution is 2.29. The number of hydrogen-bond acceptors (Lipinski definition) is 4. The Morgan fingerprint density at radius 3 is 2.29 bits per heavy atom. The summed E-state index contributed by atoms with van der Waals surface area (Å²) in [5.41, 5.74) is -4.18. The number of sulfonamides is 1. The number of nitrogens with zero attached hydrogens (tertiary/aromatic N) is 1. The summed E-state index contributed by atoms with van der Waals surface area (Å²) in [7, 11) is -3.61. The van der Waals surface area contributed by atoms with E-state index in [1.165, 1.54) is 7.05 Å². The number of nitrogens with one attached hydrogen (secondary N) is 2. The Morgan fingerprint density at radius 1 is 1.14 bits per heavy atom. The van der Waals surface area contributed by atoms with Gasteiger partial charge in [0.15, 0.2) is 11.6 Å². The number of amides is 1. The smallest absolute Gasteiger partial charge is 0.367 e. The Morgan fingerprint density at radius 2 is 1.75 bits per heavy atom. The highest BCUT2D eigenvalue weighted by atomic mass is 32.2. The zero-order valence-electron chi connectivity index (χ0n) is 14.3. The van der Waals surface area contributed by atoms with Gasteiger partial charge in [-0.05, 0) is 25.1 Å². The van der Waals surface area contributed by atoms with Gasteiger partial charge in [0.05, 0.1) is 0 Å². The van der Waals surface area contributed by atoms with Gasteiger partial charge in [-0.15, -0.1) is 0 Å². The monoisotopic (exact) mass is 427 g/mol. The molecule has 1 aromatic heterocycles. The van der Waals surface area contributed by atoms with Crippen molar-refractivity contribution in [2.75, 3.05) is 5.32 Å². The number of aromatic nitrogens is 1. The first kappa shape index (κ1) is 21.8. The van der Waals surface area contributed by atoms with Crippen LogP contribution in [0.3, 0.4) is 0 Å². The Kier molecular flexibility index (Phi) is 5.56. The van der Waals surface area contributed by atoms with Crippen LogP contribution in [-0.4, -0.2) is 35.9 Å². The van der Waals surface area contributed by atoms with Crippen molar-refractivity contribution in [1.82, 2.24) is 9.29 Å². The summed E-state index contributed by atoms with van der Waals surface area (Å²) in [6.45, 7) is 0.212. The number of halogens is 5. The molecule has 0 bridgehead atoms. The van der Waals surface area contributed by atoms with Crippen LogP contribution in [0.25, 0.3) is 0 Å². The van der Waals surface area contributed by atoms with E-state index in [0.717, 1.165) is 33.7 Å². The maximum atomic E-state index is 13.2. The van der Waals surface area contributed by atoms with Crippen LogP contribution in [-0.2, 0) is 17.1 Å². The zero-order valence-corrected chi connectivity index (χ0v) is 15.1. The van der Waals surface area contributed by atoms with Gasteiger partial charge in [-0.1, -0.05) is 0 Å². The second-order valence-electron chi connectivity index (χ2n) is 5.93. The Labute approximate surface area is 155 Å². The molecule has 1 aromatic carbocycles. The molecule has 0 saturated carbocycles. The summed E-state index contributed by atoms with van der Waals surface area (Å²) in [6.07, 6.45) is -4.45. The maximum absolute atomic E-state index is 13.2. The number of aryl methyl sites for hydroxylation is 1. The van der Waals surface area contributed by atoms with Crippen molar-refractivity contribution in [3.63, 3.8) is 0 Å². The minimum atomic E-state index is -5.29. The van der Waals surface area contributed by atoms with E-state index in [4.69, 9.17) is 0 Å². The maximum Gasteiger partial charge on any atom is 0.431 e. The molecule has 0 fully saturated rings. The first-order chi connectivity index (χ1) is 12.6. The summed E-state index contributed by atoms with van der Waals surface area (Å²) in [4.78, 5) is 11.5. The van der Waals surface area contributed by atoms with Gasteiger partial charge in [0.25, 0.3) is 5.91 Å². The SMILES string of the molecule is Cn1cc(S(=O)(=O)N[C@](C)(O)C(F)(F)F)cc1C(=O)Nc1ccc(F)c(F)c1. The fourth-order valence-electron chi connectivity index (χ4n) is 2.05. The minimum absolute atomic E-state index is 0.132. The number of alkyl halides is 3. The molecular weight excluding hydrogens is 413 g/mol. The first-order valence-electron chi connectivity index (χ1n) is 7.40. The van der Waals surface area contributed by atoms with E-state index in [2.05, 4.69) is 5.32 Å². The van der Waals surface area contributed by atoms with Crippen molar-refractivity contribution in [2.45, 2.75) is 23.7 Å². The predicted octanol–water partition coefficient (Wildman–Crippen LogP) is 2.10. The normalized spacial score (nSPS) is 14.6. The molecule has 1 heterocycles. The van der Waals surface area contributed by atoms with E-state index in [-0.39, 0.29) is 18.3 Å². The van der Waals surface area contributed by atoms with Crippen molar-refractivity contribution >= 4 is 21.6 Å². The van der Waals surface area contributed by atoms with Crippen molar-refractivity contribution < 1.29 is 40.3 Å². The van der Waals surface area contributed by atoms with E-state index in [1.807, 2.05) is 0 Å². The molecule has 0 aliphatic heterocycles. The quantitative estimate of drug-likeness (QED) is 0.503. The molecule has 0 unspecified atom stereocenters. The lowest BCUT2D eigenvalue weighted by Crippen LogP contribution is -2.56. The van der Waals surface area contributed by atoms with Crippen molar-refractivity contribution in [3.05, 3.63) is 47.8 Å². The molecule has 0 aliphatic carbocycles. The molecule has 0 saturated heterocycles. The third-order valence-electron chi connectivity index (χ3n) is 3.59. The molecule has 1 atom stereocenters. The molecule has 0 aliphatic rings. The third-order valence-corrected chi connectivity index (χ3v) is 5.10. The topological polar surface area (TPSA) is 100 Å². The van der Waals surface area contributed by atoms with Crippen molar-refractivity contribution in [1.29, 1.82) is 0 Å². The Balaban J connectivity index is 2.28. The number of aliphatic hydroxyl groups is 1. The number of anilines is 1. The van der Waals surface area contributed by atoms with Crippen LogP contribution in [0.5, 0.6) is 0 Å². The van der Waals surface area contributed by atoms with E-state index >= 15 is 0 Å². The van der Waals surface area contributed by atoms with Crippen LogP contribution >= 0.6 is 0 Å². The molecule has 0 spiro atoms. The highest BCUT2D eigenvalue weighted by molar-refractivity contribution is 7.89. The van der Waals surface area contributed by atoms with Crippen LogP contribution in [0.2, 0.25) is 0 Å². The van der Waals surface area contributed by atoms with Gasteiger partial charge in [-0.3, -0.25) is 4.79 Å². The lowest BCUT2D eigenvalue weighted by Gasteiger charge is -2.26. The van der Waals surface area contributed by atoms with Gasteiger partial charge in [0, 0.05) is 25.0 Å². The molecule has 7 nitrogen and oxygen atoms in total. The number of hydrogen-bond donors (Lipinski definition) is 3. The fraction of sp³-hybridized carbons (Fsp3) is 0.267. The Hall–Kier alpha value is -2.51. The van der Waals surface area contributed by atoms with Crippen LogP contribution < -0.4 is 10.0 Å². The summed E-state index contributed by atoms with van der Waals surface area (Å²) < 4.78 is 90.5. The van der Waals surface area contributed by atoms with Gasteiger partial charge >= 0.3 is 6.18 Å². The number of benzene rings is 1. The summed E-state index contributed by atoms with van der Waals surface area (Å²) in [6, 6.07) is 3.26. The average molecular weight is 427 g/mol. The summed E-state index contributed by atoms with van der Waals surface area (Å²) in [5.74, 6) is -3.31. The fourth-order valence-corrected chi connectivity index (χ4v) is 3.37. The van der Waals surface area contributed by atoms with Crippen LogP contribution in [0.1, 0.15) is 17.4 Å². The zero-order chi connectivity index (χ0) is 21.5. The molecular formula is C15H14F5N3O4S. The molecule has 2 rings (SSSR count). The molecule has 13 heteroatoms. The lowest BCUT2D eigenvalue weighted by atomic mass is 10.3. The van der Waals surface area contributed by atoms with Crippen LogP contribution in [0, 0.1) is 11.6 Å². The number of carbonyl (C=O) groups excluding carboxylic acids is 1. The highest BCUT2D eigenvalue weighted by Gasteiger charge is 2.52. The lowest BCUT2D eigenvalue weighted by molar-refractivity contribution is -0.257. The number of rotatable bonds is 5. The second kappa shape index (κ2) is 7.14. The second-order valence-corrected chi connectivity index (χ2v) is 7.61. The third kappa shape index (κ3) is 4.48. The molecule has 28 heavy (non-hydrogen) atoms. The summed E-state index contributed by atoms with van der Waals surface area (Å²) >= 11 is 0. The molecule has 0 radical (unpaired) electrons. The van der Waals surface area contributed by atoms with Gasteiger partial charge in [-0.2, -0.15) is 17.9 Å². The summed E-state index contributed by atoms with van der Waals surface area (Å²) in [5, 5.41) is 11.5. The van der Waals surface area contributed by atoms with Crippen LogP contribution in [0.15, 0.2) is 35.4 Å². The Bertz CT molecular complexity index is 1020. The van der Waals surface area contributed by atoms with Gasteiger partial charge in [-0.25, -0.2) is 17.2 Å². The van der Waals surface area contributed by atoms with Gasteiger partial charge in [0.2, 0.25) is 15.7 Å². The van der Waals surface area contributed by atoms with E-state index < -0.39 is 44.4 Å². The standard InChI is InChI=1S/C15H14F5N3O4S/c1-14(25,15(18,19)20)22-28(26,27)9-6-12(23(2)7-9)13(24)21-8-3-4-10(16)11(17)5-8/h3-7,22,25H,1-2H3,(H,21,24)/t14-/m1/s1. The predicted molar refractivity (Wildman–Crippen MR) is 86.7 cm³/mol. The van der Waals surface area contributed by atoms with Crippen molar-refractivity contribution in [3.8, 4) is 0 Å². The van der Waals surface area contributed by atoms with Gasteiger partial charge in [0.1, 0.15) is 10.6 Å². The van der Waals surface area contributed by atoms with Crippen molar-refractivity contribution in [2.24, 2.45) is 7.05 Å².